The lowest BCUT2D eigenvalue weighted by Gasteiger charge is -2.02. The molecule has 0 unspecified atom stereocenters. The lowest BCUT2D eigenvalue weighted by Crippen LogP contribution is -1.99. The van der Waals surface area contributed by atoms with Gasteiger partial charge in [-0.05, 0) is 25.0 Å². The van der Waals surface area contributed by atoms with E-state index in [2.05, 4.69) is 18.1 Å². The van der Waals surface area contributed by atoms with Gasteiger partial charge in [-0.3, -0.25) is 0 Å². The zero-order valence-electron chi connectivity index (χ0n) is 8.08. The van der Waals surface area contributed by atoms with Gasteiger partial charge in [-0.2, -0.15) is 0 Å². The van der Waals surface area contributed by atoms with Crippen LogP contribution in [-0.2, 0) is 4.84 Å². The van der Waals surface area contributed by atoms with Crippen molar-refractivity contribution < 1.29 is 4.84 Å². The fraction of sp³-hybridized carbons (Fsp3) is 0.364. The highest BCUT2D eigenvalue weighted by Crippen LogP contribution is 2.04. The predicted octanol–water partition coefficient (Wildman–Crippen LogP) is 2.64. The lowest BCUT2D eigenvalue weighted by atomic mass is 10.1. The van der Waals surface area contributed by atoms with Crippen LogP contribution in [0.25, 0.3) is 0 Å². The van der Waals surface area contributed by atoms with Gasteiger partial charge in [-0.15, -0.1) is 0 Å². The third-order valence-corrected chi connectivity index (χ3v) is 1.69. The molecule has 0 aliphatic rings. The van der Waals surface area contributed by atoms with Crippen molar-refractivity contribution in [3.63, 3.8) is 0 Å². The summed E-state index contributed by atoms with van der Waals surface area (Å²) in [5.74, 6) is 0. The standard InChI is InChI=1S/C11H14NO/c1-3-11(12-13-4-2)10-8-6-5-7-9-10/h6-9H,3-4H2,1-2H3/b12-11-. The van der Waals surface area contributed by atoms with E-state index in [-0.39, 0.29) is 0 Å². The zero-order chi connectivity index (χ0) is 9.52. The lowest BCUT2D eigenvalue weighted by molar-refractivity contribution is 0.158. The van der Waals surface area contributed by atoms with Crippen LogP contribution in [0.2, 0.25) is 0 Å². The van der Waals surface area contributed by atoms with Crippen molar-refractivity contribution in [2.75, 3.05) is 6.61 Å². The highest BCUT2D eigenvalue weighted by molar-refractivity contribution is 5.99. The minimum absolute atomic E-state index is 0.614. The van der Waals surface area contributed by atoms with Crippen molar-refractivity contribution in [2.24, 2.45) is 5.16 Å². The molecule has 1 aromatic rings. The molecule has 0 saturated heterocycles. The van der Waals surface area contributed by atoms with E-state index < -0.39 is 0 Å². The summed E-state index contributed by atoms with van der Waals surface area (Å²) < 4.78 is 0. The van der Waals surface area contributed by atoms with Gasteiger partial charge in [-0.25, -0.2) is 0 Å². The van der Waals surface area contributed by atoms with Crippen molar-refractivity contribution >= 4 is 5.71 Å². The Hall–Kier alpha value is -1.31. The van der Waals surface area contributed by atoms with E-state index in [0.717, 1.165) is 17.7 Å². The number of hydrogen-bond acceptors (Lipinski definition) is 2. The van der Waals surface area contributed by atoms with Gasteiger partial charge in [0.25, 0.3) is 0 Å². The largest absolute Gasteiger partial charge is 0.396 e. The third-order valence-electron chi connectivity index (χ3n) is 1.69. The van der Waals surface area contributed by atoms with Crippen LogP contribution < -0.4 is 0 Å². The topological polar surface area (TPSA) is 21.6 Å². The molecule has 0 heterocycles. The van der Waals surface area contributed by atoms with E-state index in [1.807, 2.05) is 31.2 Å². The van der Waals surface area contributed by atoms with E-state index in [1.165, 1.54) is 0 Å². The van der Waals surface area contributed by atoms with Crippen LogP contribution in [-0.4, -0.2) is 12.3 Å². The molecule has 0 saturated carbocycles. The molecule has 0 atom stereocenters. The van der Waals surface area contributed by atoms with Crippen LogP contribution in [0.5, 0.6) is 0 Å². The van der Waals surface area contributed by atoms with Crippen molar-refractivity contribution in [1.82, 2.24) is 0 Å². The molecule has 2 nitrogen and oxygen atoms in total. The molecule has 0 bridgehead atoms. The maximum atomic E-state index is 5.02. The molecule has 0 aliphatic heterocycles. The highest BCUT2D eigenvalue weighted by atomic mass is 16.6. The molecule has 13 heavy (non-hydrogen) atoms. The van der Waals surface area contributed by atoms with Crippen molar-refractivity contribution in [2.45, 2.75) is 20.3 Å². The normalized spacial score (nSPS) is 11.4. The van der Waals surface area contributed by atoms with Gasteiger partial charge in [0.2, 0.25) is 0 Å². The molecule has 1 radical (unpaired) electrons. The Kier molecular flexibility index (Phi) is 4.03. The van der Waals surface area contributed by atoms with E-state index in [1.54, 1.807) is 0 Å². The Morgan fingerprint density at radius 2 is 2.08 bits per heavy atom. The van der Waals surface area contributed by atoms with Crippen molar-refractivity contribution in [1.29, 1.82) is 0 Å². The van der Waals surface area contributed by atoms with Crippen LogP contribution in [0.1, 0.15) is 25.8 Å². The summed E-state index contributed by atoms with van der Waals surface area (Å²) in [5.41, 5.74) is 2.09. The minimum Gasteiger partial charge on any atom is -0.396 e. The van der Waals surface area contributed by atoms with Crippen LogP contribution in [0.3, 0.4) is 0 Å². The second-order valence-corrected chi connectivity index (χ2v) is 2.60. The molecule has 1 rings (SSSR count). The maximum absolute atomic E-state index is 5.02. The first-order chi connectivity index (χ1) is 6.38. The molecule has 0 aromatic heterocycles. The van der Waals surface area contributed by atoms with E-state index in [0.29, 0.717) is 6.61 Å². The summed E-state index contributed by atoms with van der Waals surface area (Å²) in [7, 11) is 0. The molecule has 0 aliphatic carbocycles. The number of oxime groups is 1. The van der Waals surface area contributed by atoms with Crippen LogP contribution in [0, 0.1) is 6.07 Å². The summed E-state index contributed by atoms with van der Waals surface area (Å²) >= 11 is 0. The summed E-state index contributed by atoms with van der Waals surface area (Å²) in [5, 5.41) is 4.03. The summed E-state index contributed by atoms with van der Waals surface area (Å²) in [6, 6.07) is 10.7. The van der Waals surface area contributed by atoms with Gasteiger partial charge in [0, 0.05) is 0 Å². The zero-order valence-corrected chi connectivity index (χ0v) is 8.08. The molecule has 0 N–H and O–H groups in total. The minimum atomic E-state index is 0.614. The summed E-state index contributed by atoms with van der Waals surface area (Å²) in [6.07, 6.45) is 0.879. The van der Waals surface area contributed by atoms with E-state index in [9.17, 15) is 0 Å². The van der Waals surface area contributed by atoms with Gasteiger partial charge in [0.15, 0.2) is 0 Å². The Bertz CT molecular complexity index is 267. The number of nitrogens with zero attached hydrogens (tertiary/aromatic N) is 1. The number of benzene rings is 1. The number of hydrogen-bond donors (Lipinski definition) is 0. The second kappa shape index (κ2) is 5.36. The van der Waals surface area contributed by atoms with Crippen molar-refractivity contribution in [3.05, 3.63) is 35.9 Å². The van der Waals surface area contributed by atoms with Gasteiger partial charge >= 0.3 is 0 Å². The van der Waals surface area contributed by atoms with Crippen LogP contribution in [0.15, 0.2) is 29.4 Å². The molecule has 0 fully saturated rings. The van der Waals surface area contributed by atoms with Gasteiger partial charge < -0.3 is 4.84 Å². The van der Waals surface area contributed by atoms with Crippen LogP contribution in [0.4, 0.5) is 0 Å². The second-order valence-electron chi connectivity index (χ2n) is 2.60. The molecular formula is C11H14NO. The molecule has 0 spiro atoms. The van der Waals surface area contributed by atoms with Gasteiger partial charge in [-0.1, -0.05) is 36.3 Å². The van der Waals surface area contributed by atoms with Gasteiger partial charge in [0.05, 0.1) is 5.71 Å². The first-order valence-electron chi connectivity index (χ1n) is 4.53. The fourth-order valence-electron chi connectivity index (χ4n) is 1.04. The monoisotopic (exact) mass is 176 g/mol. The summed E-state index contributed by atoms with van der Waals surface area (Å²) in [4.78, 5) is 5.02. The first-order valence-corrected chi connectivity index (χ1v) is 4.53. The molecular weight excluding hydrogens is 162 g/mol. The average Bonchev–Trinajstić information content (AvgIpc) is 2.21. The van der Waals surface area contributed by atoms with Gasteiger partial charge in [0.1, 0.15) is 6.61 Å². The fourth-order valence-corrected chi connectivity index (χ4v) is 1.04. The maximum Gasteiger partial charge on any atom is 0.114 e. The van der Waals surface area contributed by atoms with E-state index >= 15 is 0 Å². The molecule has 0 amide bonds. The molecule has 1 aromatic carbocycles. The first kappa shape index (κ1) is 9.78. The Balaban J connectivity index is 2.78. The highest BCUT2D eigenvalue weighted by Gasteiger charge is 1.99. The Morgan fingerprint density at radius 3 is 2.62 bits per heavy atom. The van der Waals surface area contributed by atoms with E-state index in [4.69, 9.17) is 4.84 Å². The third kappa shape index (κ3) is 2.90. The smallest absolute Gasteiger partial charge is 0.114 e. The Morgan fingerprint density at radius 1 is 1.38 bits per heavy atom. The van der Waals surface area contributed by atoms with Crippen molar-refractivity contribution in [3.8, 4) is 0 Å². The molecule has 69 valence electrons. The molecule has 2 heteroatoms. The predicted molar refractivity (Wildman–Crippen MR) is 53.7 cm³/mol. The quantitative estimate of drug-likeness (QED) is 0.510. The summed E-state index contributed by atoms with van der Waals surface area (Å²) in [6.45, 7) is 4.60. The van der Waals surface area contributed by atoms with Crippen LogP contribution >= 0.6 is 0 Å². The average molecular weight is 176 g/mol. The Labute approximate surface area is 79.2 Å². The number of rotatable bonds is 4. The SMILES string of the molecule is CCO/N=C(/CC)c1cc[c]cc1.